The first kappa shape index (κ1) is 21.0. The van der Waals surface area contributed by atoms with Crippen LogP contribution in [0.2, 0.25) is 0 Å². The van der Waals surface area contributed by atoms with E-state index in [9.17, 15) is 0 Å². The second kappa shape index (κ2) is 20.1. The van der Waals surface area contributed by atoms with Crippen LogP contribution in [0, 0.1) is 0 Å². The van der Waals surface area contributed by atoms with Gasteiger partial charge in [-0.3, -0.25) is 0 Å². The molecule has 7 heteroatoms. The molecule has 0 atom stereocenters. The highest BCUT2D eigenvalue weighted by Gasteiger charge is 1.81. The number of nitrogens with two attached hydrogens (primary N) is 2. The Labute approximate surface area is 102 Å². The van der Waals surface area contributed by atoms with Crippen molar-refractivity contribution in [2.45, 2.75) is 27.7 Å². The smallest absolute Gasteiger partial charge is 0.259 e. The van der Waals surface area contributed by atoms with Crippen molar-refractivity contribution >= 4 is 12.3 Å². The number of hydrogen-bond donors (Lipinski definition) is 2. The van der Waals surface area contributed by atoms with Gasteiger partial charge < -0.3 is 35.2 Å². The van der Waals surface area contributed by atoms with Crippen LogP contribution in [0.4, 0.5) is 9.59 Å². The Morgan fingerprint density at radius 2 is 1.06 bits per heavy atom. The summed E-state index contributed by atoms with van der Waals surface area (Å²) < 4.78 is 2.86. The molecule has 17 heavy (non-hydrogen) atoms. The molecule has 104 valence electrons. The van der Waals surface area contributed by atoms with Crippen molar-refractivity contribution in [1.29, 1.82) is 0 Å². The van der Waals surface area contributed by atoms with E-state index in [-0.39, 0.29) is 0 Å². The highest BCUT2D eigenvalue weighted by molar-refractivity contribution is 5.71. The van der Waals surface area contributed by atoms with Gasteiger partial charge >= 0.3 is 0 Å². The monoisotopic (exact) mass is 252 g/mol. The van der Waals surface area contributed by atoms with Gasteiger partial charge in [0.1, 0.15) is 0 Å². The number of carboxylic acid groups (broad SMARTS) is 2. The summed E-state index contributed by atoms with van der Waals surface area (Å²) in [6.07, 6.45) is -4.25. The second-order valence-corrected chi connectivity index (χ2v) is 2.81. The van der Waals surface area contributed by atoms with E-state index >= 15 is 0 Å². The fraction of sp³-hybridized carbons (Fsp3) is 0.800. The lowest BCUT2D eigenvalue weighted by Gasteiger charge is -2.00. The fourth-order valence-corrected chi connectivity index (χ4v) is 0.645. The van der Waals surface area contributed by atoms with Crippen LogP contribution in [-0.2, 0) is 4.74 Å². The molecule has 0 aromatic carbocycles. The van der Waals surface area contributed by atoms with E-state index in [4.69, 9.17) is 19.8 Å². The molecule has 0 unspecified atom stereocenters. The molecule has 7 nitrogen and oxygen atoms in total. The third-order valence-corrected chi connectivity index (χ3v) is 1.32. The van der Waals surface area contributed by atoms with Crippen LogP contribution in [0.25, 0.3) is 0 Å². The average molecular weight is 252 g/mol. The zero-order valence-electron chi connectivity index (χ0n) is 11.0. The lowest BCUT2D eigenvalue weighted by molar-refractivity contribution is -0.648. The summed E-state index contributed by atoms with van der Waals surface area (Å²) in [5, 5.41) is 22.6. The minimum Gasteiger partial charge on any atom is -0.483 e. The van der Waals surface area contributed by atoms with Gasteiger partial charge in [0.05, 0.1) is 26.2 Å². The van der Waals surface area contributed by atoms with Gasteiger partial charge in [-0.15, -0.1) is 0 Å². The Morgan fingerprint density at radius 3 is 1.06 bits per heavy atom. The van der Waals surface area contributed by atoms with Crippen molar-refractivity contribution in [1.82, 2.24) is 0 Å². The predicted octanol–water partition coefficient (Wildman–Crippen LogP) is -3.13. The van der Waals surface area contributed by atoms with E-state index in [1.807, 2.05) is 0 Å². The highest BCUT2D eigenvalue weighted by Crippen LogP contribution is 1.65. The van der Waals surface area contributed by atoms with Gasteiger partial charge in [0.2, 0.25) is 0 Å². The molecule has 0 aliphatic rings. The first-order chi connectivity index (χ1) is 7.95. The Bertz CT molecular complexity index is 154. The van der Waals surface area contributed by atoms with Gasteiger partial charge in [-0.2, -0.15) is 0 Å². The Hall–Kier alpha value is -1.34. The summed E-state index contributed by atoms with van der Waals surface area (Å²) in [6, 6.07) is 0. The number of rotatable bonds is 4. The molecular formula is C10H24N2O5. The maximum Gasteiger partial charge on any atom is 0.259 e. The molecule has 0 bridgehead atoms. The van der Waals surface area contributed by atoms with Crippen molar-refractivity contribution in [3.8, 4) is 0 Å². The predicted molar refractivity (Wildman–Crippen MR) is 57.9 cm³/mol. The molecule has 0 saturated carbocycles. The number of ether oxygens (including phenoxy) is 1. The molecule has 0 heterocycles. The molecule has 0 aliphatic carbocycles. The van der Waals surface area contributed by atoms with E-state index < -0.39 is 12.3 Å². The summed E-state index contributed by atoms with van der Waals surface area (Å²) in [4.78, 5) is 18.1. The lowest BCUT2D eigenvalue weighted by atomic mass is 10.7. The third-order valence-electron chi connectivity index (χ3n) is 1.32. The van der Waals surface area contributed by atoms with Crippen molar-refractivity contribution in [2.24, 2.45) is 0 Å². The van der Waals surface area contributed by atoms with Crippen LogP contribution in [0.5, 0.6) is 0 Å². The Balaban J connectivity index is -0.000000177. The fourth-order valence-electron chi connectivity index (χ4n) is 0.645. The first-order valence-corrected chi connectivity index (χ1v) is 5.69. The van der Waals surface area contributed by atoms with Crippen LogP contribution >= 0.6 is 0 Å². The summed E-state index contributed by atoms with van der Waals surface area (Å²) in [5.41, 5.74) is 0. The topological polar surface area (TPSA) is 123 Å². The summed E-state index contributed by atoms with van der Waals surface area (Å²) in [5.74, 6) is 0. The molecule has 0 radical (unpaired) electrons. The quantitative estimate of drug-likeness (QED) is 0.404. The van der Waals surface area contributed by atoms with Crippen molar-refractivity contribution in [3.05, 3.63) is 0 Å². The summed E-state index contributed by atoms with van der Waals surface area (Å²) >= 11 is 0. The van der Waals surface area contributed by atoms with Crippen molar-refractivity contribution in [3.63, 3.8) is 0 Å². The number of quaternary nitrogens is 2. The van der Waals surface area contributed by atoms with E-state index in [1.165, 1.54) is 26.2 Å². The van der Waals surface area contributed by atoms with Gasteiger partial charge in [0.15, 0.2) is 0 Å². The summed E-state index contributed by atoms with van der Waals surface area (Å²) in [6.45, 7) is 13.5. The molecule has 0 fully saturated rings. The molecule has 0 saturated heterocycles. The molecule has 4 N–H and O–H groups in total. The van der Waals surface area contributed by atoms with E-state index in [2.05, 4.69) is 43.1 Å². The highest BCUT2D eigenvalue weighted by atomic mass is 16.7. The number of hydrogen-bond acceptors (Lipinski definition) is 5. The first-order valence-electron chi connectivity index (χ1n) is 5.69. The van der Waals surface area contributed by atoms with Gasteiger partial charge in [-0.1, -0.05) is 0 Å². The number of carbonyl (C=O) groups is 2. The molecular weight excluding hydrogens is 228 g/mol. The Morgan fingerprint density at radius 1 is 0.824 bits per heavy atom. The van der Waals surface area contributed by atoms with Gasteiger partial charge in [0.25, 0.3) is 12.3 Å². The normalized spacial score (nSPS) is 8.00. The van der Waals surface area contributed by atoms with Crippen molar-refractivity contribution < 1.29 is 35.2 Å². The van der Waals surface area contributed by atoms with Crippen LogP contribution < -0.4 is 20.8 Å². The van der Waals surface area contributed by atoms with E-state index in [0.29, 0.717) is 0 Å². The van der Waals surface area contributed by atoms with Crippen LogP contribution in [-0.4, -0.2) is 38.5 Å². The van der Waals surface area contributed by atoms with Crippen LogP contribution in [0.3, 0.4) is 0 Å². The largest absolute Gasteiger partial charge is 0.483 e. The van der Waals surface area contributed by atoms with E-state index in [1.54, 1.807) is 0 Å². The maximum atomic E-state index is 9.06. The van der Waals surface area contributed by atoms with Gasteiger partial charge in [0, 0.05) is 0 Å². The molecule has 0 spiro atoms. The van der Waals surface area contributed by atoms with Crippen LogP contribution in [0.15, 0.2) is 0 Å². The maximum absolute atomic E-state index is 9.06. The number of carbonyl (C=O) groups excluding carboxylic acids is 2. The average Bonchev–Trinajstić information content (AvgIpc) is 2.19. The lowest BCUT2D eigenvalue weighted by Crippen LogP contribution is -2.82. The zero-order chi connectivity index (χ0) is 14.1. The molecule has 0 aromatic heterocycles. The van der Waals surface area contributed by atoms with Crippen LogP contribution in [0.1, 0.15) is 27.7 Å². The minimum atomic E-state index is -2.12. The van der Waals surface area contributed by atoms with E-state index in [0.717, 1.165) is 0 Å². The minimum absolute atomic E-state index is 1.22. The third kappa shape index (κ3) is 53.0. The molecule has 0 aromatic rings. The standard InChI is InChI=1S/2C4H11N.C2H2O5/c2*1-3-5-4-2;3-1(4)7-2(5)6/h2*5H,3-4H2,1-2H3;(H,3,4)(H,5,6). The zero-order valence-corrected chi connectivity index (χ0v) is 11.0. The molecule has 0 amide bonds. The van der Waals surface area contributed by atoms with Crippen molar-refractivity contribution in [2.75, 3.05) is 26.2 Å². The van der Waals surface area contributed by atoms with Gasteiger partial charge in [-0.25, -0.2) is 0 Å². The van der Waals surface area contributed by atoms with Gasteiger partial charge in [-0.05, 0) is 27.7 Å². The summed E-state index contributed by atoms with van der Waals surface area (Å²) in [7, 11) is 0. The molecule has 0 rings (SSSR count). The molecule has 0 aliphatic heterocycles. The second-order valence-electron chi connectivity index (χ2n) is 2.81. The SMILES string of the molecule is CC[NH2+]CC.CC[NH2+]CC.O=C([O-])OC(=O)[O-]. The Kier molecular flexibility index (Phi) is 24.9.